The summed E-state index contributed by atoms with van der Waals surface area (Å²) in [6.45, 7) is 4.04. The molecule has 1 aromatic heterocycles. The van der Waals surface area contributed by atoms with Crippen LogP contribution in [0.3, 0.4) is 0 Å². The van der Waals surface area contributed by atoms with Gasteiger partial charge < -0.3 is 4.42 Å². The fraction of sp³-hybridized carbons (Fsp3) is 0.455. The Balaban J connectivity index is 0.000000312. The monoisotopic (exact) mass is 292 g/mol. The van der Waals surface area contributed by atoms with Gasteiger partial charge in [-0.1, -0.05) is 13.8 Å². The molecule has 1 heterocycles. The first-order chi connectivity index (χ1) is 8.49. The van der Waals surface area contributed by atoms with E-state index in [-0.39, 0.29) is 16.6 Å². The molecule has 0 radical (unpaired) electrons. The SMILES string of the molecule is CC1(C)CC(=O)c2c(occc2=[OH+])C1.[O-][Cl+3]([O-])([O-])[O-]. The lowest BCUT2D eigenvalue weighted by Gasteiger charge is -2.27. The van der Waals surface area contributed by atoms with E-state index in [0.717, 1.165) is 0 Å². The molecule has 0 fully saturated rings. The number of carbonyl (C=O) groups excluding carboxylic acids is 1. The molecule has 1 aromatic rings. The molecule has 0 bridgehead atoms. The molecule has 0 saturated carbocycles. The van der Waals surface area contributed by atoms with Crippen molar-refractivity contribution >= 4 is 5.78 Å². The van der Waals surface area contributed by atoms with E-state index in [9.17, 15) is 9.59 Å². The highest BCUT2D eigenvalue weighted by Crippen LogP contribution is 2.32. The third-order valence-electron chi connectivity index (χ3n) is 2.53. The third-order valence-corrected chi connectivity index (χ3v) is 2.53. The zero-order valence-corrected chi connectivity index (χ0v) is 11.1. The first-order valence-corrected chi connectivity index (χ1v) is 6.51. The van der Waals surface area contributed by atoms with Crippen LogP contribution in [0.25, 0.3) is 0 Å². The second-order valence-electron chi connectivity index (χ2n) is 4.92. The molecule has 0 amide bonds. The third kappa shape index (κ3) is 5.09. The molecule has 0 saturated heterocycles. The largest absolute Gasteiger partial charge is 0.468 e. The molecule has 0 atom stereocenters. The highest BCUT2D eigenvalue weighted by Gasteiger charge is 2.35. The molecule has 0 aliphatic heterocycles. The zero-order valence-electron chi connectivity index (χ0n) is 10.3. The number of hydrogen-bond acceptors (Lipinski definition) is 6. The summed E-state index contributed by atoms with van der Waals surface area (Å²) < 4.78 is 39.2. The standard InChI is InChI=1S/C11H12O3.ClHO4/c1-11(2)5-8(13)10-7(12)3-4-14-9(10)6-11;2-1(3,4)5/h3-4H,5-6H2,1-2H3;(H,2,3,4,5). The van der Waals surface area contributed by atoms with E-state index in [1.165, 1.54) is 12.3 Å². The van der Waals surface area contributed by atoms with Crippen LogP contribution >= 0.6 is 0 Å². The number of hydrogen-bond donors (Lipinski definition) is 0. The van der Waals surface area contributed by atoms with Crippen molar-refractivity contribution < 1.29 is 42.9 Å². The molecule has 106 valence electrons. The van der Waals surface area contributed by atoms with Crippen LogP contribution in [0.5, 0.6) is 0 Å². The van der Waals surface area contributed by atoms with Crippen LogP contribution in [-0.4, -0.2) is 10.6 Å². The number of Topliss-reactive ketones (excluding diaryl/α,β-unsaturated/α-hetero) is 1. The van der Waals surface area contributed by atoms with Crippen LogP contribution in [0.15, 0.2) is 16.7 Å². The van der Waals surface area contributed by atoms with Gasteiger partial charge in [-0.3, -0.25) is 9.59 Å². The first kappa shape index (κ1) is 15.8. The molecule has 2 rings (SSSR count). The average molecular weight is 293 g/mol. The molecule has 1 aliphatic rings. The number of ketones is 1. The van der Waals surface area contributed by atoms with Gasteiger partial charge in [0.2, 0.25) is 0 Å². The van der Waals surface area contributed by atoms with Crippen molar-refractivity contribution in [1.82, 2.24) is 0 Å². The summed E-state index contributed by atoms with van der Waals surface area (Å²) in [7, 11) is -4.94. The molecular weight excluding hydrogens is 280 g/mol. The van der Waals surface area contributed by atoms with Crippen LogP contribution in [0.4, 0.5) is 0 Å². The summed E-state index contributed by atoms with van der Waals surface area (Å²) in [6.07, 6.45) is 2.58. The second kappa shape index (κ2) is 5.40. The van der Waals surface area contributed by atoms with Crippen molar-refractivity contribution in [2.45, 2.75) is 26.7 Å². The van der Waals surface area contributed by atoms with E-state index >= 15 is 0 Å². The van der Waals surface area contributed by atoms with Crippen molar-refractivity contribution in [3.63, 3.8) is 0 Å². The highest BCUT2D eigenvalue weighted by atomic mass is 35.7. The fourth-order valence-electron chi connectivity index (χ4n) is 1.91. The molecule has 7 nitrogen and oxygen atoms in total. The number of carbonyl (C=O) groups is 1. The van der Waals surface area contributed by atoms with Gasteiger partial charge in [0.25, 0.3) is 0 Å². The van der Waals surface area contributed by atoms with Crippen molar-refractivity contribution in [2.75, 3.05) is 0 Å². The van der Waals surface area contributed by atoms with Crippen molar-refractivity contribution in [2.24, 2.45) is 5.41 Å². The van der Waals surface area contributed by atoms with Gasteiger partial charge in [-0.15, -0.1) is 10.2 Å². The quantitative estimate of drug-likeness (QED) is 0.458. The van der Waals surface area contributed by atoms with Crippen LogP contribution < -0.4 is 24.1 Å². The number of halogens is 1. The summed E-state index contributed by atoms with van der Waals surface area (Å²) in [5.41, 5.74) is 0.333. The van der Waals surface area contributed by atoms with E-state index in [4.69, 9.17) is 23.1 Å². The summed E-state index contributed by atoms with van der Waals surface area (Å²) >= 11 is 0. The first-order valence-electron chi connectivity index (χ1n) is 5.27. The zero-order chi connectivity index (χ0) is 14.8. The van der Waals surface area contributed by atoms with Crippen molar-refractivity contribution in [1.29, 1.82) is 0 Å². The van der Waals surface area contributed by atoms with Gasteiger partial charge in [-0.25, -0.2) is 18.6 Å². The second-order valence-corrected chi connectivity index (χ2v) is 5.68. The number of fused-ring (bicyclic) bond motifs is 1. The summed E-state index contributed by atoms with van der Waals surface area (Å²) in [5, 5.41) is 0. The van der Waals surface area contributed by atoms with Gasteiger partial charge in [-0.2, -0.15) is 0 Å². The van der Waals surface area contributed by atoms with E-state index in [1.807, 2.05) is 13.8 Å². The van der Waals surface area contributed by atoms with Crippen molar-refractivity contribution in [3.8, 4) is 0 Å². The highest BCUT2D eigenvalue weighted by molar-refractivity contribution is 5.98. The lowest BCUT2D eigenvalue weighted by molar-refractivity contribution is -2.00. The molecule has 1 aliphatic carbocycles. The Bertz CT molecular complexity index is 521. The maximum absolute atomic E-state index is 11.7. The Kier molecular flexibility index (Phi) is 4.49. The van der Waals surface area contributed by atoms with Crippen LogP contribution in [0, 0.1) is 15.7 Å². The average Bonchev–Trinajstić information content (AvgIpc) is 2.11. The van der Waals surface area contributed by atoms with Crippen LogP contribution in [0.1, 0.15) is 36.4 Å². The van der Waals surface area contributed by atoms with Gasteiger partial charge in [0.15, 0.2) is 11.3 Å². The predicted molar refractivity (Wildman–Crippen MR) is 50.2 cm³/mol. The molecule has 0 unspecified atom stereocenters. The summed E-state index contributed by atoms with van der Waals surface area (Å²) in [5.74, 6) is 0.573. The maximum atomic E-state index is 11.7. The Morgan fingerprint density at radius 1 is 1.26 bits per heavy atom. The molecule has 19 heavy (non-hydrogen) atoms. The minimum absolute atomic E-state index is 0.0295. The van der Waals surface area contributed by atoms with E-state index in [2.05, 4.69) is 0 Å². The van der Waals surface area contributed by atoms with Gasteiger partial charge in [0.05, 0.1) is 6.07 Å². The Labute approximate surface area is 110 Å². The predicted octanol–water partition coefficient (Wildman–Crippen LogP) is -3.32. The Hall–Kier alpha value is -1.25. The minimum atomic E-state index is -4.94. The van der Waals surface area contributed by atoms with Crippen LogP contribution in [0.2, 0.25) is 0 Å². The Morgan fingerprint density at radius 2 is 1.79 bits per heavy atom. The molecule has 1 N–H and O–H groups in total. The normalized spacial score (nSPS) is 17.3. The summed E-state index contributed by atoms with van der Waals surface area (Å²) in [6, 6.07) is 1.41. The summed E-state index contributed by atoms with van der Waals surface area (Å²) in [4.78, 5) is 21.2. The topological polar surface area (TPSA) is 144 Å². The van der Waals surface area contributed by atoms with Gasteiger partial charge in [0.1, 0.15) is 12.0 Å². The van der Waals surface area contributed by atoms with Gasteiger partial charge in [0, 0.05) is 12.8 Å². The van der Waals surface area contributed by atoms with E-state index < -0.39 is 10.2 Å². The van der Waals surface area contributed by atoms with Gasteiger partial charge in [-0.05, 0) is 5.41 Å². The lowest BCUT2D eigenvalue weighted by Crippen LogP contribution is -2.68. The smallest absolute Gasteiger partial charge is 0.357 e. The van der Waals surface area contributed by atoms with E-state index in [0.29, 0.717) is 24.2 Å². The molecule has 8 heteroatoms. The van der Waals surface area contributed by atoms with E-state index in [1.54, 1.807) is 0 Å². The molecular formula is C11H13ClO7. The minimum Gasteiger partial charge on any atom is -0.468 e. The molecule has 0 aromatic carbocycles. The maximum Gasteiger partial charge on any atom is 0.357 e. The van der Waals surface area contributed by atoms with Crippen LogP contribution in [-0.2, 0) is 6.42 Å². The number of rotatable bonds is 0. The van der Waals surface area contributed by atoms with Crippen molar-refractivity contribution in [3.05, 3.63) is 29.1 Å². The lowest BCUT2D eigenvalue weighted by atomic mass is 9.76. The fourth-order valence-corrected chi connectivity index (χ4v) is 1.91. The Morgan fingerprint density at radius 3 is 2.32 bits per heavy atom. The van der Waals surface area contributed by atoms with Gasteiger partial charge >= 0.3 is 5.43 Å². The molecule has 0 spiro atoms.